The van der Waals surface area contributed by atoms with Crippen molar-refractivity contribution in [2.45, 2.75) is 19.7 Å². The maximum Gasteiger partial charge on any atom is 0.431 e. The molecule has 0 aliphatic rings. The Balaban J connectivity index is 1.63. The van der Waals surface area contributed by atoms with Crippen LogP contribution in [-0.4, -0.2) is 14.1 Å². The molecule has 2 aromatic heterocycles. The van der Waals surface area contributed by atoms with Gasteiger partial charge in [0.15, 0.2) is 0 Å². The average Bonchev–Trinajstić information content (AvgIpc) is 3.13. The number of aryl methyl sites for hydroxylation is 1. The fourth-order valence-electron chi connectivity index (χ4n) is 3.21. The molecule has 2 heterocycles. The van der Waals surface area contributed by atoms with Gasteiger partial charge < -0.3 is 4.74 Å². The molecule has 0 radical (unpaired) electrons. The number of alkyl halides is 3. The maximum absolute atomic E-state index is 13.0. The van der Waals surface area contributed by atoms with Crippen molar-refractivity contribution >= 4 is 21.6 Å². The van der Waals surface area contributed by atoms with Gasteiger partial charge >= 0.3 is 11.9 Å². The van der Waals surface area contributed by atoms with Crippen molar-refractivity contribution in [2.75, 3.05) is 0 Å². The van der Waals surface area contributed by atoms with Crippen LogP contribution >= 0.6 is 11.3 Å². The van der Waals surface area contributed by atoms with Gasteiger partial charge in [0.2, 0.25) is 0 Å². The van der Waals surface area contributed by atoms with E-state index < -0.39 is 23.1 Å². The molecule has 0 unspecified atom stereocenters. The summed E-state index contributed by atoms with van der Waals surface area (Å²) in [5.74, 6) is 0.484. The number of thiazole rings is 1. The van der Waals surface area contributed by atoms with Gasteiger partial charge in [-0.3, -0.25) is 9.36 Å². The quantitative estimate of drug-likeness (QED) is 0.474. The molecule has 0 amide bonds. The van der Waals surface area contributed by atoms with E-state index in [0.29, 0.717) is 26.5 Å². The van der Waals surface area contributed by atoms with E-state index in [9.17, 15) is 22.8 Å². The first kappa shape index (κ1) is 20.9. The Bertz CT molecular complexity index is 1370. The molecule has 0 bridgehead atoms. The summed E-state index contributed by atoms with van der Waals surface area (Å²) >= 11 is 1.51. The molecule has 0 aliphatic carbocycles. The number of fused-ring (bicyclic) bond motifs is 1. The van der Waals surface area contributed by atoms with Crippen LogP contribution in [0.3, 0.4) is 0 Å². The minimum Gasteiger partial charge on any atom is -0.486 e. The van der Waals surface area contributed by atoms with Crippen LogP contribution in [-0.2, 0) is 19.8 Å². The molecule has 4 aromatic rings. The van der Waals surface area contributed by atoms with Crippen LogP contribution < -0.4 is 16.0 Å². The molecule has 0 spiro atoms. The van der Waals surface area contributed by atoms with E-state index >= 15 is 0 Å². The van der Waals surface area contributed by atoms with Gasteiger partial charge in [0.05, 0.1) is 15.9 Å². The van der Waals surface area contributed by atoms with E-state index in [-0.39, 0.29) is 12.3 Å². The summed E-state index contributed by atoms with van der Waals surface area (Å²) in [4.78, 5) is 29.3. The third-order valence-electron chi connectivity index (χ3n) is 4.72. The first-order chi connectivity index (χ1) is 14.6. The first-order valence-electron chi connectivity index (χ1n) is 9.13. The predicted molar refractivity (Wildman–Crippen MR) is 111 cm³/mol. The summed E-state index contributed by atoms with van der Waals surface area (Å²) in [7, 11) is 0.978. The third-order valence-corrected chi connectivity index (χ3v) is 5.73. The fourth-order valence-corrected chi connectivity index (χ4v) is 4.10. The zero-order valence-corrected chi connectivity index (χ0v) is 17.3. The van der Waals surface area contributed by atoms with E-state index in [2.05, 4.69) is 4.98 Å². The minimum absolute atomic E-state index is 0.187. The lowest BCUT2D eigenvalue weighted by atomic mass is 10.2. The first-order valence-corrected chi connectivity index (χ1v) is 9.95. The molecule has 6 nitrogen and oxygen atoms in total. The second kappa shape index (κ2) is 7.69. The number of hydrogen-bond donors (Lipinski definition) is 0. The van der Waals surface area contributed by atoms with E-state index in [1.54, 1.807) is 19.1 Å². The third kappa shape index (κ3) is 3.98. The molecule has 0 saturated heterocycles. The van der Waals surface area contributed by atoms with Crippen molar-refractivity contribution in [1.82, 2.24) is 14.1 Å². The van der Waals surface area contributed by atoms with Crippen molar-refractivity contribution in [3.05, 3.63) is 85.6 Å². The monoisotopic (exact) mass is 447 g/mol. The molecule has 31 heavy (non-hydrogen) atoms. The van der Waals surface area contributed by atoms with Gasteiger partial charge in [0, 0.05) is 13.1 Å². The molecule has 0 fully saturated rings. The molecule has 0 aliphatic heterocycles. The number of hydrogen-bond acceptors (Lipinski definition) is 5. The minimum atomic E-state index is -4.81. The van der Waals surface area contributed by atoms with Crippen LogP contribution in [0.25, 0.3) is 15.9 Å². The van der Waals surface area contributed by atoms with Gasteiger partial charge in [0.1, 0.15) is 23.1 Å². The second-order valence-electron chi connectivity index (χ2n) is 6.85. The Kier molecular flexibility index (Phi) is 5.18. The summed E-state index contributed by atoms with van der Waals surface area (Å²) in [5.41, 5.74) is -1.86. The largest absolute Gasteiger partial charge is 0.486 e. The summed E-state index contributed by atoms with van der Waals surface area (Å²) in [6.07, 6.45) is -4.81. The Morgan fingerprint density at radius 3 is 2.52 bits per heavy atom. The van der Waals surface area contributed by atoms with E-state index in [1.165, 1.54) is 17.4 Å². The van der Waals surface area contributed by atoms with Gasteiger partial charge in [-0.25, -0.2) is 14.3 Å². The van der Waals surface area contributed by atoms with Crippen LogP contribution in [0.1, 0.15) is 16.3 Å². The number of benzene rings is 2. The molecule has 0 N–H and O–H groups in total. The molecular weight excluding hydrogens is 431 g/mol. The van der Waals surface area contributed by atoms with Gasteiger partial charge in [-0.2, -0.15) is 13.2 Å². The molecular formula is C21H16F3N3O3S. The zero-order chi connectivity index (χ0) is 22.3. The Labute approximate surface area is 177 Å². The highest BCUT2D eigenvalue weighted by molar-refractivity contribution is 7.18. The van der Waals surface area contributed by atoms with Gasteiger partial charge in [-0.15, -0.1) is 11.3 Å². The maximum atomic E-state index is 13.0. The molecule has 160 valence electrons. The summed E-state index contributed by atoms with van der Waals surface area (Å²) in [6, 6.07) is 12.8. The highest BCUT2D eigenvalue weighted by atomic mass is 32.1. The van der Waals surface area contributed by atoms with Crippen molar-refractivity contribution in [2.24, 2.45) is 7.05 Å². The number of ether oxygens (including phenoxy) is 1. The number of rotatable bonds is 4. The summed E-state index contributed by atoms with van der Waals surface area (Å²) in [5, 5.41) is 0.788. The Morgan fingerprint density at radius 1 is 1.10 bits per heavy atom. The van der Waals surface area contributed by atoms with Crippen molar-refractivity contribution < 1.29 is 17.9 Å². The normalized spacial score (nSPS) is 11.8. The predicted octanol–water partition coefficient (Wildman–Crippen LogP) is 4.05. The van der Waals surface area contributed by atoms with Crippen molar-refractivity contribution in [3.8, 4) is 11.4 Å². The highest BCUT2D eigenvalue weighted by Crippen LogP contribution is 2.27. The summed E-state index contributed by atoms with van der Waals surface area (Å²) < 4.78 is 47.1. The summed E-state index contributed by atoms with van der Waals surface area (Å²) in [6.45, 7) is 1.88. The molecule has 4 rings (SSSR count). The van der Waals surface area contributed by atoms with E-state index in [4.69, 9.17) is 4.74 Å². The van der Waals surface area contributed by atoms with E-state index in [0.717, 1.165) is 22.3 Å². The second-order valence-corrected chi connectivity index (χ2v) is 7.97. The van der Waals surface area contributed by atoms with Crippen molar-refractivity contribution in [1.29, 1.82) is 0 Å². The van der Waals surface area contributed by atoms with Crippen LogP contribution in [0.4, 0.5) is 13.2 Å². The van der Waals surface area contributed by atoms with Crippen molar-refractivity contribution in [3.63, 3.8) is 0 Å². The topological polar surface area (TPSA) is 66.1 Å². The fraction of sp³-hybridized carbons (Fsp3) is 0.190. The van der Waals surface area contributed by atoms with Gasteiger partial charge in [-0.1, -0.05) is 12.1 Å². The Morgan fingerprint density at radius 2 is 1.84 bits per heavy atom. The van der Waals surface area contributed by atoms with Crippen LogP contribution in [0.5, 0.6) is 5.75 Å². The lowest BCUT2D eigenvalue weighted by molar-refractivity contribution is -0.144. The molecule has 10 heteroatoms. The van der Waals surface area contributed by atoms with Crippen LogP contribution in [0.2, 0.25) is 0 Å². The number of para-hydroxylation sites is 1. The zero-order valence-electron chi connectivity index (χ0n) is 16.4. The standard InChI is InChI=1S/C21H16F3N3O3S/c1-12-9-13(30-11-18-25-14-5-3-4-6-16(14)31-18)7-8-15(12)27-19(28)10-17(21(22,23)24)26(2)20(27)29/h3-10H,11H2,1-2H3. The molecule has 2 aromatic carbocycles. The molecule has 0 atom stereocenters. The average molecular weight is 447 g/mol. The van der Waals surface area contributed by atoms with E-state index in [1.807, 2.05) is 24.3 Å². The number of aromatic nitrogens is 3. The highest BCUT2D eigenvalue weighted by Gasteiger charge is 2.35. The van der Waals surface area contributed by atoms with Crippen LogP contribution in [0, 0.1) is 6.92 Å². The lowest BCUT2D eigenvalue weighted by Crippen LogP contribution is -2.40. The SMILES string of the molecule is Cc1cc(OCc2nc3ccccc3s2)ccc1-n1c(=O)cc(C(F)(F)F)n(C)c1=O. The van der Waals surface area contributed by atoms with Gasteiger partial charge in [-0.05, 0) is 42.8 Å². The number of halogens is 3. The Hall–Kier alpha value is -3.40. The number of nitrogens with zero attached hydrogens (tertiary/aromatic N) is 3. The van der Waals surface area contributed by atoms with Crippen LogP contribution in [0.15, 0.2) is 58.1 Å². The van der Waals surface area contributed by atoms with Gasteiger partial charge in [0.25, 0.3) is 5.56 Å². The smallest absolute Gasteiger partial charge is 0.431 e. The lowest BCUT2D eigenvalue weighted by Gasteiger charge is -2.15. The molecule has 0 saturated carbocycles.